The van der Waals surface area contributed by atoms with Crippen molar-refractivity contribution >= 4 is 5.91 Å². The van der Waals surface area contributed by atoms with Crippen LogP contribution in [0.4, 0.5) is 8.78 Å². The van der Waals surface area contributed by atoms with Gasteiger partial charge in [0.25, 0.3) is 5.56 Å². The number of benzene rings is 1. The minimum absolute atomic E-state index is 0.0822. The van der Waals surface area contributed by atoms with Crippen LogP contribution < -0.4 is 5.56 Å². The monoisotopic (exact) mass is 430 g/mol. The van der Waals surface area contributed by atoms with Crippen LogP contribution in [0.3, 0.4) is 0 Å². The highest BCUT2D eigenvalue weighted by Crippen LogP contribution is 2.27. The molecular weight excluding hydrogens is 402 g/mol. The number of carbonyl (C=O) groups is 1. The molecule has 31 heavy (non-hydrogen) atoms. The molecule has 1 saturated heterocycles. The molecule has 0 radical (unpaired) electrons. The maximum Gasteiger partial charge on any atom is 0.256 e. The lowest BCUT2D eigenvalue weighted by Crippen LogP contribution is -2.40. The zero-order chi connectivity index (χ0) is 22.0. The summed E-state index contributed by atoms with van der Waals surface area (Å²) in [5, 5.41) is 0. The van der Waals surface area contributed by atoms with Gasteiger partial charge in [-0.15, -0.1) is 0 Å². The number of halogens is 2. The molecule has 1 aromatic carbocycles. The Labute approximate surface area is 180 Å². The summed E-state index contributed by atoms with van der Waals surface area (Å²) >= 11 is 0. The first-order chi connectivity index (χ1) is 14.9. The third-order valence-corrected chi connectivity index (χ3v) is 6.28. The average Bonchev–Trinajstić information content (AvgIpc) is 2.76. The zero-order valence-corrected chi connectivity index (χ0v) is 17.8. The third kappa shape index (κ3) is 4.84. The van der Waals surface area contributed by atoms with E-state index in [1.54, 1.807) is 4.90 Å². The van der Waals surface area contributed by atoms with E-state index in [4.69, 9.17) is 4.98 Å². The molecule has 4 rings (SSSR count). The summed E-state index contributed by atoms with van der Waals surface area (Å²) in [6.07, 6.45) is 3.47. The average molecular weight is 430 g/mol. The SMILES string of the molecule is CCCC(=O)N1CCc2nc(C3CCN(Cc4cc(F)ccc4F)CC3)[nH]c(=O)c2C1. The molecule has 1 N–H and O–H groups in total. The normalized spacial score (nSPS) is 17.6. The molecule has 0 spiro atoms. The van der Waals surface area contributed by atoms with Crippen molar-refractivity contribution in [2.45, 2.75) is 58.0 Å². The van der Waals surface area contributed by atoms with Gasteiger partial charge in [0.05, 0.1) is 17.8 Å². The van der Waals surface area contributed by atoms with Crippen LogP contribution in [0.5, 0.6) is 0 Å². The van der Waals surface area contributed by atoms with Crippen molar-refractivity contribution in [3.8, 4) is 0 Å². The van der Waals surface area contributed by atoms with E-state index in [2.05, 4.69) is 9.88 Å². The minimum atomic E-state index is -0.433. The maximum absolute atomic E-state index is 13.9. The quantitative estimate of drug-likeness (QED) is 0.792. The Morgan fingerprint density at radius 3 is 2.74 bits per heavy atom. The molecule has 1 amide bonds. The van der Waals surface area contributed by atoms with Crippen LogP contribution in [0.2, 0.25) is 0 Å². The number of aromatic amines is 1. The first kappa shape index (κ1) is 21.6. The van der Waals surface area contributed by atoms with Crippen LogP contribution in [0.25, 0.3) is 0 Å². The van der Waals surface area contributed by atoms with Gasteiger partial charge in [0.15, 0.2) is 0 Å². The van der Waals surface area contributed by atoms with E-state index in [0.717, 1.165) is 50.2 Å². The molecule has 1 fully saturated rings. The van der Waals surface area contributed by atoms with E-state index in [0.29, 0.717) is 49.4 Å². The molecule has 2 aromatic rings. The summed E-state index contributed by atoms with van der Waals surface area (Å²) in [4.78, 5) is 36.4. The summed E-state index contributed by atoms with van der Waals surface area (Å²) in [6.45, 7) is 4.71. The van der Waals surface area contributed by atoms with Crippen molar-refractivity contribution in [3.05, 3.63) is 62.8 Å². The van der Waals surface area contributed by atoms with Crippen LogP contribution >= 0.6 is 0 Å². The molecule has 0 saturated carbocycles. The van der Waals surface area contributed by atoms with E-state index < -0.39 is 11.6 Å². The Morgan fingerprint density at radius 2 is 2.00 bits per heavy atom. The van der Waals surface area contributed by atoms with Crippen LogP contribution in [0.1, 0.15) is 61.2 Å². The van der Waals surface area contributed by atoms with Crippen molar-refractivity contribution in [1.82, 2.24) is 19.8 Å². The highest BCUT2D eigenvalue weighted by Gasteiger charge is 2.27. The Kier molecular flexibility index (Phi) is 6.46. The van der Waals surface area contributed by atoms with Crippen molar-refractivity contribution in [1.29, 1.82) is 0 Å². The smallest absolute Gasteiger partial charge is 0.256 e. The number of rotatable bonds is 5. The lowest BCUT2D eigenvalue weighted by molar-refractivity contribution is -0.132. The van der Waals surface area contributed by atoms with Crippen LogP contribution in [-0.2, 0) is 24.3 Å². The first-order valence-electron chi connectivity index (χ1n) is 11.0. The van der Waals surface area contributed by atoms with Gasteiger partial charge < -0.3 is 9.88 Å². The van der Waals surface area contributed by atoms with Gasteiger partial charge in [-0.05, 0) is 50.6 Å². The second kappa shape index (κ2) is 9.26. The minimum Gasteiger partial charge on any atom is -0.338 e. The lowest BCUT2D eigenvalue weighted by Gasteiger charge is -2.32. The van der Waals surface area contributed by atoms with Crippen LogP contribution in [0.15, 0.2) is 23.0 Å². The van der Waals surface area contributed by atoms with Crippen molar-refractivity contribution in [2.75, 3.05) is 19.6 Å². The van der Waals surface area contributed by atoms with Gasteiger partial charge in [0.2, 0.25) is 5.91 Å². The Balaban J connectivity index is 1.40. The van der Waals surface area contributed by atoms with Crippen molar-refractivity contribution in [3.63, 3.8) is 0 Å². The fourth-order valence-electron chi connectivity index (χ4n) is 4.49. The number of hydrogen-bond donors (Lipinski definition) is 1. The summed E-state index contributed by atoms with van der Waals surface area (Å²) in [5.74, 6) is 0.0894. The number of nitrogens with one attached hydrogen (secondary N) is 1. The van der Waals surface area contributed by atoms with E-state index in [1.165, 1.54) is 6.07 Å². The molecule has 8 heteroatoms. The first-order valence-corrected chi connectivity index (χ1v) is 11.0. The summed E-state index contributed by atoms with van der Waals surface area (Å²) in [7, 11) is 0. The summed E-state index contributed by atoms with van der Waals surface area (Å²) in [6, 6.07) is 3.54. The number of piperidine rings is 1. The van der Waals surface area contributed by atoms with Crippen molar-refractivity contribution < 1.29 is 13.6 Å². The second-order valence-electron chi connectivity index (χ2n) is 8.48. The van der Waals surface area contributed by atoms with Crippen LogP contribution in [0, 0.1) is 11.6 Å². The molecule has 2 aliphatic heterocycles. The maximum atomic E-state index is 13.9. The molecule has 2 aliphatic rings. The van der Waals surface area contributed by atoms with Gasteiger partial charge in [-0.3, -0.25) is 14.5 Å². The standard InChI is InChI=1S/C23H28F2N4O2/c1-2-3-21(30)29-11-8-20-18(14-29)23(31)27-22(26-20)15-6-9-28(10-7-15)13-16-12-17(24)4-5-19(16)25/h4-5,12,15H,2-3,6-11,13-14H2,1H3,(H,26,27,31). The lowest BCUT2D eigenvalue weighted by atomic mass is 9.95. The van der Waals surface area contributed by atoms with Gasteiger partial charge in [-0.1, -0.05) is 6.92 Å². The number of H-pyrrole nitrogens is 1. The Morgan fingerprint density at radius 1 is 1.23 bits per heavy atom. The van der Waals surface area contributed by atoms with E-state index in [9.17, 15) is 18.4 Å². The van der Waals surface area contributed by atoms with E-state index in [1.807, 2.05) is 6.92 Å². The molecule has 0 atom stereocenters. The van der Waals surface area contributed by atoms with Crippen molar-refractivity contribution in [2.24, 2.45) is 0 Å². The Bertz CT molecular complexity index is 1020. The predicted molar refractivity (Wildman–Crippen MR) is 112 cm³/mol. The number of aromatic nitrogens is 2. The third-order valence-electron chi connectivity index (χ3n) is 6.28. The van der Waals surface area contributed by atoms with Gasteiger partial charge >= 0.3 is 0 Å². The van der Waals surface area contributed by atoms with Gasteiger partial charge in [0, 0.05) is 37.4 Å². The van der Waals surface area contributed by atoms with E-state index >= 15 is 0 Å². The zero-order valence-electron chi connectivity index (χ0n) is 17.8. The summed E-state index contributed by atoms with van der Waals surface area (Å²) < 4.78 is 27.3. The number of amides is 1. The largest absolute Gasteiger partial charge is 0.338 e. The molecular formula is C23H28F2N4O2. The van der Waals surface area contributed by atoms with Gasteiger partial charge in [-0.2, -0.15) is 0 Å². The predicted octanol–water partition coefficient (Wildman–Crippen LogP) is 3.11. The molecule has 1 aromatic heterocycles. The van der Waals surface area contributed by atoms with Gasteiger partial charge in [0.1, 0.15) is 17.5 Å². The van der Waals surface area contributed by atoms with Crippen LogP contribution in [-0.4, -0.2) is 45.3 Å². The molecule has 6 nitrogen and oxygen atoms in total. The number of fused-ring (bicyclic) bond motifs is 1. The van der Waals surface area contributed by atoms with Gasteiger partial charge in [-0.25, -0.2) is 13.8 Å². The molecule has 0 aliphatic carbocycles. The number of nitrogens with zero attached hydrogens (tertiary/aromatic N) is 3. The molecule has 0 bridgehead atoms. The highest BCUT2D eigenvalue weighted by molar-refractivity contribution is 5.76. The highest BCUT2D eigenvalue weighted by atomic mass is 19.1. The molecule has 0 unspecified atom stereocenters. The topological polar surface area (TPSA) is 69.3 Å². The number of likely N-dealkylation sites (tertiary alicyclic amines) is 1. The fraction of sp³-hybridized carbons (Fsp3) is 0.522. The van der Waals surface area contributed by atoms with E-state index in [-0.39, 0.29) is 17.4 Å². The number of carbonyl (C=O) groups excluding carboxylic acids is 1. The Hall–Kier alpha value is -2.61. The fourth-order valence-corrected chi connectivity index (χ4v) is 4.49. The summed E-state index contributed by atoms with van der Waals surface area (Å²) in [5.41, 5.74) is 1.60. The molecule has 3 heterocycles. The molecule has 166 valence electrons. The second-order valence-corrected chi connectivity index (χ2v) is 8.48. The number of hydrogen-bond acceptors (Lipinski definition) is 4.